The largest absolute Gasteiger partial charge is 0.370 e. The molecule has 0 spiro atoms. The van der Waals surface area contributed by atoms with Crippen LogP contribution in [0.1, 0.15) is 57.3 Å². The first-order valence-electron chi connectivity index (χ1n) is 9.86. The highest BCUT2D eigenvalue weighted by molar-refractivity contribution is 6.01. The maximum Gasteiger partial charge on any atom is 0.248 e. The molecule has 2 aliphatic rings. The topological polar surface area (TPSA) is 75.4 Å². The molecule has 146 valence electrons. The van der Waals surface area contributed by atoms with Crippen molar-refractivity contribution in [1.82, 2.24) is 0 Å². The number of anilines is 2. The molecule has 1 saturated carbocycles. The maximum atomic E-state index is 13.0. The second-order valence-electron chi connectivity index (χ2n) is 8.70. The molecule has 1 aliphatic heterocycles. The van der Waals surface area contributed by atoms with Crippen LogP contribution < -0.4 is 16.0 Å². The van der Waals surface area contributed by atoms with Crippen molar-refractivity contribution in [3.8, 4) is 0 Å². The van der Waals surface area contributed by atoms with Crippen molar-refractivity contribution in [3.05, 3.63) is 35.4 Å². The van der Waals surface area contributed by atoms with E-state index < -0.39 is 5.91 Å². The number of piperidine rings is 1. The monoisotopic (exact) mass is 369 g/mol. The van der Waals surface area contributed by atoms with E-state index >= 15 is 0 Å². The van der Waals surface area contributed by atoms with Gasteiger partial charge in [-0.3, -0.25) is 9.59 Å². The molecule has 0 radical (unpaired) electrons. The van der Waals surface area contributed by atoms with E-state index in [-0.39, 0.29) is 23.2 Å². The highest BCUT2D eigenvalue weighted by Crippen LogP contribution is 2.59. The minimum atomic E-state index is -0.482. The predicted molar refractivity (Wildman–Crippen MR) is 110 cm³/mol. The summed E-state index contributed by atoms with van der Waals surface area (Å²) in [6.45, 7) is 10.3. The van der Waals surface area contributed by atoms with Gasteiger partial charge in [0.2, 0.25) is 11.8 Å². The summed E-state index contributed by atoms with van der Waals surface area (Å²) in [6.07, 6.45) is 5.71. The third-order valence-corrected chi connectivity index (χ3v) is 5.94. The molecule has 5 heteroatoms. The second-order valence-corrected chi connectivity index (χ2v) is 8.70. The first-order valence-corrected chi connectivity index (χ1v) is 9.86. The van der Waals surface area contributed by atoms with Crippen molar-refractivity contribution in [3.63, 3.8) is 0 Å². The summed E-state index contributed by atoms with van der Waals surface area (Å²) in [7, 11) is 0. The Morgan fingerprint density at radius 1 is 1.19 bits per heavy atom. The molecule has 3 rings (SSSR count). The van der Waals surface area contributed by atoms with Gasteiger partial charge in [0.15, 0.2) is 0 Å². The Bertz CT molecular complexity index is 772. The zero-order chi connectivity index (χ0) is 19.8. The van der Waals surface area contributed by atoms with E-state index in [1.165, 1.54) is 12.0 Å². The van der Waals surface area contributed by atoms with Crippen LogP contribution in [0.4, 0.5) is 11.4 Å². The Balaban J connectivity index is 1.86. The number of rotatable bonds is 5. The first kappa shape index (κ1) is 19.5. The molecule has 2 amide bonds. The third-order valence-electron chi connectivity index (χ3n) is 5.94. The summed E-state index contributed by atoms with van der Waals surface area (Å²) in [5.41, 5.74) is 8.73. The Morgan fingerprint density at radius 3 is 2.44 bits per heavy atom. The quantitative estimate of drug-likeness (QED) is 0.772. The van der Waals surface area contributed by atoms with E-state index in [0.717, 1.165) is 31.6 Å². The Hall–Kier alpha value is -2.30. The molecule has 2 atom stereocenters. The molecular formula is C22H31N3O2. The van der Waals surface area contributed by atoms with Gasteiger partial charge in [-0.05, 0) is 62.6 Å². The number of nitrogens with zero attached hydrogens (tertiary/aromatic N) is 1. The van der Waals surface area contributed by atoms with Crippen molar-refractivity contribution < 1.29 is 9.59 Å². The molecule has 0 aromatic heterocycles. The van der Waals surface area contributed by atoms with Gasteiger partial charge in [0, 0.05) is 18.7 Å². The highest BCUT2D eigenvalue weighted by atomic mass is 16.2. The number of allylic oxidation sites excluding steroid dienone is 2. The number of carbonyl (C=O) groups excluding carboxylic acids is 2. The lowest BCUT2D eigenvalue weighted by Gasteiger charge is -2.30. The average molecular weight is 370 g/mol. The molecule has 1 aliphatic carbocycles. The molecule has 2 fully saturated rings. The van der Waals surface area contributed by atoms with Gasteiger partial charge in [-0.25, -0.2) is 0 Å². The van der Waals surface area contributed by atoms with Gasteiger partial charge < -0.3 is 16.0 Å². The van der Waals surface area contributed by atoms with Gasteiger partial charge in [0.25, 0.3) is 0 Å². The van der Waals surface area contributed by atoms with Gasteiger partial charge >= 0.3 is 0 Å². The van der Waals surface area contributed by atoms with Crippen LogP contribution in [0.25, 0.3) is 0 Å². The van der Waals surface area contributed by atoms with Crippen LogP contribution in [0.2, 0.25) is 0 Å². The number of nitrogens with two attached hydrogens (primary N) is 1. The number of primary amides is 1. The summed E-state index contributed by atoms with van der Waals surface area (Å²) >= 11 is 0. The molecule has 1 aromatic rings. The number of hydrogen-bond donors (Lipinski definition) is 2. The normalized spacial score (nSPS) is 23.5. The molecular weight excluding hydrogens is 338 g/mol. The van der Waals surface area contributed by atoms with Crippen LogP contribution in [0.3, 0.4) is 0 Å². The number of hydrogen-bond acceptors (Lipinski definition) is 3. The molecule has 1 heterocycles. The summed E-state index contributed by atoms with van der Waals surface area (Å²) in [4.78, 5) is 26.9. The van der Waals surface area contributed by atoms with Crippen LogP contribution >= 0.6 is 0 Å². The molecule has 5 nitrogen and oxygen atoms in total. The minimum absolute atomic E-state index is 0.0161. The van der Waals surface area contributed by atoms with E-state index in [2.05, 4.69) is 44.0 Å². The van der Waals surface area contributed by atoms with Crippen LogP contribution in [0.5, 0.6) is 0 Å². The Labute approximate surface area is 162 Å². The fourth-order valence-electron chi connectivity index (χ4n) is 4.26. The van der Waals surface area contributed by atoms with E-state index in [1.807, 2.05) is 6.07 Å². The zero-order valence-corrected chi connectivity index (χ0v) is 16.8. The summed E-state index contributed by atoms with van der Waals surface area (Å²) in [5, 5.41) is 3.11. The fraction of sp³-hybridized carbons (Fsp3) is 0.545. The lowest BCUT2D eigenvalue weighted by molar-refractivity contribution is -0.118. The van der Waals surface area contributed by atoms with E-state index in [4.69, 9.17) is 5.73 Å². The average Bonchev–Trinajstić information content (AvgIpc) is 3.15. The number of amides is 2. The van der Waals surface area contributed by atoms with Gasteiger partial charge in [0.05, 0.1) is 17.3 Å². The van der Waals surface area contributed by atoms with Gasteiger partial charge in [-0.2, -0.15) is 0 Å². The van der Waals surface area contributed by atoms with Crippen LogP contribution in [0, 0.1) is 17.3 Å². The summed E-state index contributed by atoms with van der Waals surface area (Å²) in [5.74, 6) is -0.272. The first-order chi connectivity index (χ1) is 12.7. The predicted octanol–water partition coefficient (Wildman–Crippen LogP) is 3.95. The minimum Gasteiger partial charge on any atom is -0.370 e. The fourth-order valence-corrected chi connectivity index (χ4v) is 4.26. The van der Waals surface area contributed by atoms with Crippen LogP contribution in [-0.2, 0) is 4.79 Å². The van der Waals surface area contributed by atoms with Crippen LogP contribution in [-0.4, -0.2) is 24.9 Å². The smallest absolute Gasteiger partial charge is 0.248 e. The second kappa shape index (κ2) is 7.37. The Morgan fingerprint density at radius 2 is 1.85 bits per heavy atom. The SMILES string of the molecule is CC(C)=C[C@H]1[C@H](C(=O)Nc2cc(C(N)=O)ccc2N2CCCCC2)C1(C)C. The Kier molecular flexibility index (Phi) is 5.31. The number of carbonyl (C=O) groups is 2. The summed E-state index contributed by atoms with van der Waals surface area (Å²) in [6, 6.07) is 5.37. The molecule has 1 saturated heterocycles. The maximum absolute atomic E-state index is 13.0. The number of nitrogens with one attached hydrogen (secondary N) is 1. The van der Waals surface area contributed by atoms with Crippen LogP contribution in [0.15, 0.2) is 29.8 Å². The van der Waals surface area contributed by atoms with Crippen molar-refractivity contribution >= 4 is 23.2 Å². The highest BCUT2D eigenvalue weighted by Gasteiger charge is 2.60. The molecule has 3 N–H and O–H groups in total. The lowest BCUT2D eigenvalue weighted by atomic mass is 10.1. The van der Waals surface area contributed by atoms with E-state index in [1.54, 1.807) is 12.1 Å². The third kappa shape index (κ3) is 4.02. The van der Waals surface area contributed by atoms with Crippen molar-refractivity contribution in [1.29, 1.82) is 0 Å². The molecule has 1 aromatic carbocycles. The molecule has 0 bridgehead atoms. The molecule has 27 heavy (non-hydrogen) atoms. The van der Waals surface area contributed by atoms with Crippen molar-refractivity contribution in [2.24, 2.45) is 23.0 Å². The zero-order valence-electron chi connectivity index (χ0n) is 16.8. The van der Waals surface area contributed by atoms with Gasteiger partial charge in [-0.1, -0.05) is 25.5 Å². The standard InChI is InChI=1S/C22H31N3O2/c1-14(2)12-16-19(22(16,3)4)21(27)24-17-13-15(20(23)26)8-9-18(17)25-10-6-5-7-11-25/h8-9,12-13,16,19H,5-7,10-11H2,1-4H3,(H2,23,26)(H,24,27)/t16-,19+/m0/s1. The van der Waals surface area contributed by atoms with Crippen molar-refractivity contribution in [2.45, 2.75) is 47.0 Å². The molecule has 0 unspecified atom stereocenters. The summed E-state index contributed by atoms with van der Waals surface area (Å²) < 4.78 is 0. The van der Waals surface area contributed by atoms with Crippen molar-refractivity contribution in [2.75, 3.05) is 23.3 Å². The van der Waals surface area contributed by atoms with Gasteiger partial charge in [0.1, 0.15) is 0 Å². The van der Waals surface area contributed by atoms with E-state index in [9.17, 15) is 9.59 Å². The number of benzene rings is 1. The lowest BCUT2D eigenvalue weighted by Crippen LogP contribution is -2.31. The van der Waals surface area contributed by atoms with E-state index in [0.29, 0.717) is 11.3 Å². The van der Waals surface area contributed by atoms with Gasteiger partial charge in [-0.15, -0.1) is 0 Å².